The van der Waals surface area contributed by atoms with Crippen molar-refractivity contribution in [1.82, 2.24) is 19.8 Å². The number of fused-ring (bicyclic) bond motifs is 1. The van der Waals surface area contributed by atoms with Crippen molar-refractivity contribution in [2.24, 2.45) is 0 Å². The van der Waals surface area contributed by atoms with Crippen LogP contribution in [0.5, 0.6) is 0 Å². The highest BCUT2D eigenvalue weighted by molar-refractivity contribution is 7.89. The zero-order valence-corrected chi connectivity index (χ0v) is 17.9. The average molecular weight is 437 g/mol. The van der Waals surface area contributed by atoms with Gasteiger partial charge in [0, 0.05) is 25.4 Å². The molecule has 0 spiro atoms. The van der Waals surface area contributed by atoms with Crippen LogP contribution in [0.4, 0.5) is 0 Å². The molecule has 1 amide bonds. The molecule has 0 aliphatic carbocycles. The summed E-state index contributed by atoms with van der Waals surface area (Å²) in [6.07, 6.45) is 3.17. The van der Waals surface area contributed by atoms with Gasteiger partial charge in [0.1, 0.15) is 18.1 Å². The number of likely N-dealkylation sites (tertiary alicyclic amines) is 1. The normalized spacial score (nSPS) is 16.8. The van der Waals surface area contributed by atoms with Crippen LogP contribution in [0.1, 0.15) is 18.7 Å². The lowest BCUT2D eigenvalue weighted by molar-refractivity contribution is -0.132. The molecule has 1 fully saturated rings. The molecule has 7 nitrogen and oxygen atoms in total. The monoisotopic (exact) mass is 436 g/mol. The number of hydrogen-bond donors (Lipinski definition) is 1. The lowest BCUT2D eigenvalue weighted by Crippen LogP contribution is -2.42. The van der Waals surface area contributed by atoms with Gasteiger partial charge in [0.15, 0.2) is 9.84 Å². The average Bonchev–Trinajstić information content (AvgIpc) is 3.12. The van der Waals surface area contributed by atoms with Gasteiger partial charge in [0.25, 0.3) is 0 Å². The number of benzene rings is 1. The third kappa shape index (κ3) is 5.57. The molecule has 1 unspecified atom stereocenters. The van der Waals surface area contributed by atoms with Gasteiger partial charge in [-0.05, 0) is 32.0 Å². The quantitative estimate of drug-likeness (QED) is 0.743. The minimum Gasteiger partial charge on any atom is -0.337 e. The molecule has 1 aliphatic heterocycles. The van der Waals surface area contributed by atoms with E-state index in [0.717, 1.165) is 31.4 Å². The number of aromatic nitrogens is 2. The van der Waals surface area contributed by atoms with E-state index in [9.17, 15) is 13.2 Å². The number of hydrogen-bond acceptors (Lipinski definition) is 5. The summed E-state index contributed by atoms with van der Waals surface area (Å²) in [5, 5.41) is 3.13. The van der Waals surface area contributed by atoms with Crippen molar-refractivity contribution >= 4 is 51.6 Å². The maximum absolute atomic E-state index is 12.9. The maximum Gasteiger partial charge on any atom is 0.242 e. The molecule has 1 N–H and O–H groups in total. The summed E-state index contributed by atoms with van der Waals surface area (Å²) < 4.78 is 25.2. The molecule has 2 aromatic rings. The van der Waals surface area contributed by atoms with Gasteiger partial charge in [0.2, 0.25) is 5.91 Å². The van der Waals surface area contributed by atoms with E-state index in [-0.39, 0.29) is 49.1 Å². The standard InChI is InChI=1S/C17H24N4O3S.2ClH/c1-18-10-13-6-5-9-20(13)17(22)11-21-15-8-4-3-7-14(15)19-16(21)12-25(2,23)24;;/h3-4,7-8,13,18H,5-6,9-12H2,1-2H3;2*1H. The Labute approximate surface area is 172 Å². The second kappa shape index (κ2) is 9.73. The van der Waals surface area contributed by atoms with E-state index in [4.69, 9.17) is 0 Å². The van der Waals surface area contributed by atoms with Gasteiger partial charge in [-0.2, -0.15) is 0 Å². The summed E-state index contributed by atoms with van der Waals surface area (Å²) in [6, 6.07) is 7.63. The van der Waals surface area contributed by atoms with Crippen molar-refractivity contribution in [2.75, 3.05) is 26.4 Å². The molecular weight excluding hydrogens is 411 g/mol. The van der Waals surface area contributed by atoms with Crippen molar-refractivity contribution in [3.05, 3.63) is 30.1 Å². The number of nitrogens with one attached hydrogen (secondary N) is 1. The van der Waals surface area contributed by atoms with Crippen molar-refractivity contribution in [1.29, 1.82) is 0 Å². The van der Waals surface area contributed by atoms with Crippen LogP contribution in [0.2, 0.25) is 0 Å². The van der Waals surface area contributed by atoms with Crippen LogP contribution in [-0.4, -0.2) is 61.2 Å². The van der Waals surface area contributed by atoms with Crippen molar-refractivity contribution in [3.63, 3.8) is 0 Å². The Kier molecular flexibility index (Phi) is 8.53. The van der Waals surface area contributed by atoms with Gasteiger partial charge in [0.05, 0.1) is 11.0 Å². The number of carbonyl (C=O) groups is 1. The molecule has 1 atom stereocenters. The van der Waals surface area contributed by atoms with Crippen molar-refractivity contribution in [2.45, 2.75) is 31.2 Å². The number of amides is 1. The fourth-order valence-corrected chi connectivity index (χ4v) is 4.17. The number of rotatable bonds is 6. The topological polar surface area (TPSA) is 84.3 Å². The first kappa shape index (κ1) is 23.7. The lowest BCUT2D eigenvalue weighted by Gasteiger charge is -2.25. The molecule has 27 heavy (non-hydrogen) atoms. The Hall–Kier alpha value is -1.35. The molecule has 1 aliphatic rings. The van der Waals surface area contributed by atoms with E-state index in [1.165, 1.54) is 6.26 Å². The number of imidazole rings is 1. The van der Waals surface area contributed by atoms with E-state index < -0.39 is 9.84 Å². The second-order valence-electron chi connectivity index (χ2n) is 6.61. The zero-order chi connectivity index (χ0) is 18.0. The van der Waals surface area contributed by atoms with Gasteiger partial charge in [-0.25, -0.2) is 13.4 Å². The van der Waals surface area contributed by atoms with Crippen LogP contribution < -0.4 is 5.32 Å². The largest absolute Gasteiger partial charge is 0.337 e. The highest BCUT2D eigenvalue weighted by Gasteiger charge is 2.29. The van der Waals surface area contributed by atoms with Crippen molar-refractivity contribution < 1.29 is 13.2 Å². The SMILES string of the molecule is CNCC1CCCN1C(=O)Cn1c(CS(C)(=O)=O)nc2ccccc21.Cl.Cl. The number of nitrogens with zero attached hydrogens (tertiary/aromatic N) is 3. The Bertz CT molecular complexity index is 885. The molecule has 10 heteroatoms. The first-order valence-corrected chi connectivity index (χ1v) is 10.5. The van der Waals surface area contributed by atoms with E-state index in [2.05, 4.69) is 10.3 Å². The van der Waals surface area contributed by atoms with E-state index >= 15 is 0 Å². The van der Waals surface area contributed by atoms with Crippen LogP contribution in [0.25, 0.3) is 11.0 Å². The Morgan fingerprint density at radius 1 is 1.30 bits per heavy atom. The smallest absolute Gasteiger partial charge is 0.242 e. The lowest BCUT2D eigenvalue weighted by atomic mass is 10.2. The van der Waals surface area contributed by atoms with Gasteiger partial charge < -0.3 is 14.8 Å². The first-order valence-electron chi connectivity index (χ1n) is 8.45. The molecule has 2 heterocycles. The summed E-state index contributed by atoms with van der Waals surface area (Å²) >= 11 is 0. The number of para-hydroxylation sites is 2. The van der Waals surface area contributed by atoms with E-state index in [0.29, 0.717) is 11.3 Å². The molecule has 152 valence electrons. The summed E-state index contributed by atoms with van der Waals surface area (Å²) in [5.41, 5.74) is 1.50. The van der Waals surface area contributed by atoms with Crippen LogP contribution in [0, 0.1) is 0 Å². The predicted molar refractivity (Wildman–Crippen MR) is 111 cm³/mol. The molecule has 3 rings (SSSR count). The van der Waals surface area contributed by atoms with Gasteiger partial charge >= 0.3 is 0 Å². The first-order chi connectivity index (χ1) is 11.9. The van der Waals surface area contributed by atoms with Gasteiger partial charge in [-0.3, -0.25) is 4.79 Å². The summed E-state index contributed by atoms with van der Waals surface area (Å²) in [5.74, 6) is 0.256. The number of sulfone groups is 1. The molecule has 0 radical (unpaired) electrons. The predicted octanol–water partition coefficient (Wildman–Crippen LogP) is 1.63. The summed E-state index contributed by atoms with van der Waals surface area (Å²) in [4.78, 5) is 19.2. The van der Waals surface area contributed by atoms with Crippen LogP contribution in [-0.2, 0) is 26.9 Å². The maximum atomic E-state index is 12.9. The van der Waals surface area contributed by atoms with Gasteiger partial charge in [-0.1, -0.05) is 12.1 Å². The fourth-order valence-electron chi connectivity index (χ4n) is 3.48. The highest BCUT2D eigenvalue weighted by atomic mass is 35.5. The molecule has 1 aromatic heterocycles. The highest BCUT2D eigenvalue weighted by Crippen LogP contribution is 2.21. The van der Waals surface area contributed by atoms with Crippen LogP contribution in [0.3, 0.4) is 0 Å². The molecule has 0 saturated carbocycles. The molecular formula is C17H26Cl2N4O3S. The minimum atomic E-state index is -3.24. The van der Waals surface area contributed by atoms with E-state index in [1.807, 2.05) is 36.2 Å². The Morgan fingerprint density at radius 3 is 2.67 bits per heavy atom. The number of halogens is 2. The van der Waals surface area contributed by atoms with Crippen molar-refractivity contribution in [3.8, 4) is 0 Å². The third-order valence-electron chi connectivity index (χ3n) is 4.56. The third-order valence-corrected chi connectivity index (χ3v) is 5.34. The van der Waals surface area contributed by atoms with Gasteiger partial charge in [-0.15, -0.1) is 24.8 Å². The van der Waals surface area contributed by atoms with Crippen LogP contribution in [0.15, 0.2) is 24.3 Å². The molecule has 1 aromatic carbocycles. The summed E-state index contributed by atoms with van der Waals surface area (Å²) in [7, 11) is -1.36. The molecule has 0 bridgehead atoms. The van der Waals surface area contributed by atoms with Crippen LogP contribution >= 0.6 is 24.8 Å². The summed E-state index contributed by atoms with van der Waals surface area (Å²) in [6.45, 7) is 1.64. The number of carbonyl (C=O) groups excluding carboxylic acids is 1. The Morgan fingerprint density at radius 2 is 2.00 bits per heavy atom. The minimum absolute atomic E-state index is 0. The van der Waals surface area contributed by atoms with E-state index in [1.54, 1.807) is 4.57 Å². The Balaban J connectivity index is 0.00000182. The molecule has 1 saturated heterocycles. The zero-order valence-electron chi connectivity index (χ0n) is 15.4. The number of likely N-dealkylation sites (N-methyl/N-ethyl adjacent to an activating group) is 1. The second-order valence-corrected chi connectivity index (χ2v) is 8.75. The fraction of sp³-hybridized carbons (Fsp3) is 0.529.